The number of thioether (sulfide) groups is 1. The summed E-state index contributed by atoms with van der Waals surface area (Å²) in [7, 11) is 0. The Kier molecular flexibility index (Phi) is 6.92. The number of carbonyl (C=O) groups excluding carboxylic acids is 1. The van der Waals surface area contributed by atoms with Crippen LogP contribution < -0.4 is 5.32 Å². The molecule has 0 radical (unpaired) electrons. The zero-order valence-electron chi connectivity index (χ0n) is 15.8. The van der Waals surface area contributed by atoms with Crippen molar-refractivity contribution in [1.29, 1.82) is 0 Å². The number of nitrogens with one attached hydrogen (secondary N) is 1. The molecule has 0 aliphatic heterocycles. The number of aromatic nitrogens is 4. The molecule has 0 unspecified atom stereocenters. The molecule has 0 spiro atoms. The Morgan fingerprint density at radius 3 is 2.45 bits per heavy atom. The smallest absolute Gasteiger partial charge is 0.234 e. The third-order valence-electron chi connectivity index (χ3n) is 4.19. The minimum Gasteiger partial charge on any atom is -0.325 e. The summed E-state index contributed by atoms with van der Waals surface area (Å²) in [6.07, 6.45) is 3.40. The fraction of sp³-hybridized carbons (Fsp3) is 0.0476. The van der Waals surface area contributed by atoms with Gasteiger partial charge in [0.05, 0.1) is 15.8 Å². The van der Waals surface area contributed by atoms with Crippen molar-refractivity contribution in [3.63, 3.8) is 0 Å². The SMILES string of the molecule is O=C(CSc1nnc(-c2ccncc2)n1-c1ccc(Br)cc1)Nc1ccc(Cl)c(Cl)c1. The van der Waals surface area contributed by atoms with Crippen LogP contribution in [0.4, 0.5) is 5.69 Å². The first-order valence-corrected chi connectivity index (χ1v) is 11.5. The van der Waals surface area contributed by atoms with E-state index in [9.17, 15) is 4.79 Å². The molecule has 4 rings (SSSR count). The van der Waals surface area contributed by atoms with E-state index in [0.29, 0.717) is 26.7 Å². The zero-order chi connectivity index (χ0) is 21.8. The van der Waals surface area contributed by atoms with Crippen LogP contribution in [0.25, 0.3) is 17.1 Å². The lowest BCUT2D eigenvalue weighted by Crippen LogP contribution is -2.14. The molecule has 10 heteroatoms. The van der Waals surface area contributed by atoms with Crippen molar-refractivity contribution in [2.45, 2.75) is 5.16 Å². The van der Waals surface area contributed by atoms with Gasteiger partial charge in [-0.1, -0.05) is 50.9 Å². The first kappa shape index (κ1) is 21.8. The van der Waals surface area contributed by atoms with Crippen molar-refractivity contribution in [3.05, 3.63) is 81.5 Å². The Morgan fingerprint density at radius 2 is 1.74 bits per heavy atom. The van der Waals surface area contributed by atoms with Crippen LogP contribution in [0.5, 0.6) is 0 Å². The largest absolute Gasteiger partial charge is 0.325 e. The Labute approximate surface area is 201 Å². The molecule has 1 amide bonds. The predicted octanol–water partition coefficient (Wildman–Crippen LogP) is 6.13. The Bertz CT molecular complexity index is 1220. The normalized spacial score (nSPS) is 10.8. The van der Waals surface area contributed by atoms with E-state index in [4.69, 9.17) is 23.2 Å². The number of nitrogens with zero attached hydrogens (tertiary/aromatic N) is 4. The second-order valence-electron chi connectivity index (χ2n) is 6.32. The van der Waals surface area contributed by atoms with Gasteiger partial charge in [0.1, 0.15) is 0 Å². The predicted molar refractivity (Wildman–Crippen MR) is 128 cm³/mol. The molecule has 0 saturated heterocycles. The molecule has 156 valence electrons. The molecule has 0 aliphatic carbocycles. The summed E-state index contributed by atoms with van der Waals surface area (Å²) in [4.78, 5) is 16.5. The minimum absolute atomic E-state index is 0.144. The van der Waals surface area contributed by atoms with E-state index in [0.717, 1.165) is 15.7 Å². The fourth-order valence-electron chi connectivity index (χ4n) is 2.78. The topological polar surface area (TPSA) is 72.7 Å². The van der Waals surface area contributed by atoms with Crippen molar-refractivity contribution in [1.82, 2.24) is 19.7 Å². The van der Waals surface area contributed by atoms with Crippen LogP contribution in [0.1, 0.15) is 0 Å². The molecule has 0 aliphatic rings. The molecule has 31 heavy (non-hydrogen) atoms. The highest BCUT2D eigenvalue weighted by Gasteiger charge is 2.17. The third kappa shape index (κ3) is 5.27. The summed E-state index contributed by atoms with van der Waals surface area (Å²) in [5.41, 5.74) is 2.33. The van der Waals surface area contributed by atoms with Gasteiger partial charge in [-0.05, 0) is 54.6 Å². The molecule has 2 heterocycles. The van der Waals surface area contributed by atoms with Crippen molar-refractivity contribution in [3.8, 4) is 17.1 Å². The van der Waals surface area contributed by atoms with Gasteiger partial charge >= 0.3 is 0 Å². The van der Waals surface area contributed by atoms with Crippen molar-refractivity contribution < 1.29 is 4.79 Å². The molecule has 0 saturated carbocycles. The van der Waals surface area contributed by atoms with E-state index in [1.807, 2.05) is 41.0 Å². The zero-order valence-corrected chi connectivity index (χ0v) is 19.7. The van der Waals surface area contributed by atoms with Gasteiger partial charge in [-0.2, -0.15) is 0 Å². The number of carbonyl (C=O) groups is 1. The molecule has 1 N–H and O–H groups in total. The van der Waals surface area contributed by atoms with Gasteiger partial charge in [-0.25, -0.2) is 0 Å². The number of pyridine rings is 1. The number of halogens is 3. The monoisotopic (exact) mass is 533 g/mol. The molecule has 0 bridgehead atoms. The quantitative estimate of drug-likeness (QED) is 0.301. The lowest BCUT2D eigenvalue weighted by Gasteiger charge is -2.11. The van der Waals surface area contributed by atoms with Crippen molar-refractivity contribution in [2.75, 3.05) is 11.1 Å². The number of amides is 1. The van der Waals surface area contributed by atoms with Gasteiger partial charge in [-0.15, -0.1) is 10.2 Å². The molecular formula is C21H14BrCl2N5OS. The van der Waals surface area contributed by atoms with Crippen LogP contribution in [-0.2, 0) is 4.79 Å². The van der Waals surface area contributed by atoms with Gasteiger partial charge in [0.15, 0.2) is 11.0 Å². The van der Waals surface area contributed by atoms with Crippen LogP contribution >= 0.6 is 50.9 Å². The summed E-state index contributed by atoms with van der Waals surface area (Å²) in [5, 5.41) is 12.9. The van der Waals surface area contributed by atoms with Gasteiger partial charge in [0.25, 0.3) is 0 Å². The number of rotatable bonds is 6. The van der Waals surface area contributed by atoms with Crippen molar-refractivity contribution >= 4 is 62.5 Å². The summed E-state index contributed by atoms with van der Waals surface area (Å²) in [5.74, 6) is 0.613. The van der Waals surface area contributed by atoms with E-state index in [2.05, 4.69) is 36.4 Å². The maximum absolute atomic E-state index is 12.5. The van der Waals surface area contributed by atoms with Crippen LogP contribution in [0.15, 0.2) is 76.6 Å². The Hall–Kier alpha value is -2.39. The summed E-state index contributed by atoms with van der Waals surface area (Å²) >= 11 is 16.7. The van der Waals surface area contributed by atoms with Gasteiger partial charge in [0.2, 0.25) is 5.91 Å². The van der Waals surface area contributed by atoms with E-state index in [1.54, 1.807) is 30.6 Å². The second kappa shape index (κ2) is 9.82. The van der Waals surface area contributed by atoms with Gasteiger partial charge < -0.3 is 5.32 Å². The number of hydrogen-bond acceptors (Lipinski definition) is 5. The van der Waals surface area contributed by atoms with E-state index in [-0.39, 0.29) is 11.7 Å². The standard InChI is InChI=1S/C21H14BrCl2N5OS/c22-14-1-4-16(5-2-14)29-20(13-7-9-25-10-8-13)27-28-21(29)31-12-19(30)26-15-3-6-17(23)18(24)11-15/h1-11H,12H2,(H,26,30). The van der Waals surface area contributed by atoms with Gasteiger partial charge in [0, 0.05) is 33.8 Å². The average molecular weight is 535 g/mol. The molecule has 2 aromatic carbocycles. The molecule has 6 nitrogen and oxygen atoms in total. The Balaban J connectivity index is 1.57. The highest BCUT2D eigenvalue weighted by atomic mass is 79.9. The molecule has 2 aromatic heterocycles. The lowest BCUT2D eigenvalue weighted by atomic mass is 10.2. The number of hydrogen-bond donors (Lipinski definition) is 1. The summed E-state index contributed by atoms with van der Waals surface area (Å²) < 4.78 is 2.88. The van der Waals surface area contributed by atoms with Crippen molar-refractivity contribution in [2.24, 2.45) is 0 Å². The van der Waals surface area contributed by atoms with Crippen LogP contribution in [0.3, 0.4) is 0 Å². The first-order valence-electron chi connectivity index (χ1n) is 9.01. The minimum atomic E-state index is -0.195. The number of benzene rings is 2. The fourth-order valence-corrected chi connectivity index (χ4v) is 4.09. The highest BCUT2D eigenvalue weighted by molar-refractivity contribution is 9.10. The van der Waals surface area contributed by atoms with E-state index >= 15 is 0 Å². The maximum atomic E-state index is 12.5. The average Bonchev–Trinajstić information content (AvgIpc) is 3.20. The maximum Gasteiger partial charge on any atom is 0.234 e. The molecule has 0 atom stereocenters. The van der Waals surface area contributed by atoms with Crippen LogP contribution in [0.2, 0.25) is 10.0 Å². The molecule has 4 aromatic rings. The van der Waals surface area contributed by atoms with E-state index in [1.165, 1.54) is 11.8 Å². The summed E-state index contributed by atoms with van der Waals surface area (Å²) in [6.45, 7) is 0. The van der Waals surface area contributed by atoms with Crippen LogP contribution in [-0.4, -0.2) is 31.4 Å². The highest BCUT2D eigenvalue weighted by Crippen LogP contribution is 2.29. The second-order valence-corrected chi connectivity index (χ2v) is 8.99. The first-order chi connectivity index (χ1) is 15.0. The molecule has 0 fully saturated rings. The van der Waals surface area contributed by atoms with Gasteiger partial charge in [-0.3, -0.25) is 14.3 Å². The van der Waals surface area contributed by atoms with E-state index < -0.39 is 0 Å². The number of anilines is 1. The summed E-state index contributed by atoms with van der Waals surface area (Å²) in [6, 6.07) is 16.5. The lowest BCUT2D eigenvalue weighted by molar-refractivity contribution is -0.113. The third-order valence-corrected chi connectivity index (χ3v) is 6.39. The molecular weight excluding hydrogens is 521 g/mol. The van der Waals surface area contributed by atoms with Crippen LogP contribution in [0, 0.1) is 0 Å². The Morgan fingerprint density at radius 1 is 1.00 bits per heavy atom.